The molecule has 1 N–H and O–H groups in total. The van der Waals surface area contributed by atoms with Crippen LogP contribution in [0.3, 0.4) is 0 Å². The van der Waals surface area contributed by atoms with Crippen LogP contribution in [0.5, 0.6) is 0 Å². The fourth-order valence-corrected chi connectivity index (χ4v) is 3.59. The molecule has 3 aromatic rings. The van der Waals surface area contributed by atoms with Crippen molar-refractivity contribution in [2.24, 2.45) is 5.10 Å². The fourth-order valence-electron chi connectivity index (χ4n) is 1.99. The highest BCUT2D eigenvalue weighted by atomic mass is 79.9. The third-order valence-electron chi connectivity index (χ3n) is 3.01. The molecule has 3 rings (SSSR count). The molecule has 0 aliphatic carbocycles. The van der Waals surface area contributed by atoms with Crippen LogP contribution in [0.1, 0.15) is 10.4 Å². The Morgan fingerprint density at radius 2 is 1.95 bits per heavy atom. The minimum absolute atomic E-state index is 0.988. The van der Waals surface area contributed by atoms with Crippen molar-refractivity contribution in [3.8, 4) is 0 Å². The Labute approximate surface area is 130 Å². The van der Waals surface area contributed by atoms with E-state index in [0.29, 0.717) is 0 Å². The highest BCUT2D eigenvalue weighted by molar-refractivity contribution is 9.10. The monoisotopic (exact) mass is 344 g/mol. The van der Waals surface area contributed by atoms with Crippen molar-refractivity contribution in [1.29, 1.82) is 0 Å². The standard InChI is InChI=1S/C16H13BrN2S/c1-11-7-8-15(17)14-9-13(20-16(11)14)10-18-19-12-5-3-2-4-6-12/h2-10,19H,1H3/b18-10+. The first-order valence-electron chi connectivity index (χ1n) is 6.27. The van der Waals surface area contributed by atoms with Crippen LogP contribution < -0.4 is 5.43 Å². The molecule has 0 bridgehead atoms. The Bertz CT molecular complexity index is 724. The average Bonchev–Trinajstić information content (AvgIpc) is 2.90. The quantitative estimate of drug-likeness (QED) is 0.498. The van der Waals surface area contributed by atoms with Gasteiger partial charge in [-0.25, -0.2) is 0 Å². The van der Waals surface area contributed by atoms with Crippen molar-refractivity contribution in [2.45, 2.75) is 6.92 Å². The minimum Gasteiger partial charge on any atom is -0.278 e. The van der Waals surface area contributed by atoms with Crippen molar-refractivity contribution < 1.29 is 0 Å². The van der Waals surface area contributed by atoms with Crippen LogP contribution in [-0.2, 0) is 0 Å². The van der Waals surface area contributed by atoms with Crippen molar-refractivity contribution in [3.05, 3.63) is 63.4 Å². The summed E-state index contributed by atoms with van der Waals surface area (Å²) in [5.41, 5.74) is 5.31. The summed E-state index contributed by atoms with van der Waals surface area (Å²) in [5.74, 6) is 0. The number of rotatable bonds is 3. The first-order valence-corrected chi connectivity index (χ1v) is 7.88. The number of fused-ring (bicyclic) bond motifs is 1. The first kappa shape index (κ1) is 13.3. The molecular weight excluding hydrogens is 332 g/mol. The lowest BCUT2D eigenvalue weighted by Gasteiger charge is -1.96. The van der Waals surface area contributed by atoms with E-state index in [0.717, 1.165) is 15.0 Å². The minimum atomic E-state index is 0.988. The summed E-state index contributed by atoms with van der Waals surface area (Å²) >= 11 is 5.35. The van der Waals surface area contributed by atoms with Crippen LogP contribution in [0, 0.1) is 6.92 Å². The molecule has 0 saturated carbocycles. The number of thiophene rings is 1. The smallest absolute Gasteiger partial charge is 0.0645 e. The Hall–Kier alpha value is -1.65. The predicted octanol–water partition coefficient (Wildman–Crippen LogP) is 5.42. The van der Waals surface area contributed by atoms with Crippen LogP contribution in [-0.4, -0.2) is 6.21 Å². The molecule has 0 radical (unpaired) electrons. The van der Waals surface area contributed by atoms with Gasteiger partial charge in [0.1, 0.15) is 0 Å². The van der Waals surface area contributed by atoms with Crippen LogP contribution in [0.25, 0.3) is 10.1 Å². The van der Waals surface area contributed by atoms with Gasteiger partial charge in [-0.05, 0) is 36.8 Å². The zero-order valence-electron chi connectivity index (χ0n) is 10.9. The molecule has 1 aromatic heterocycles. The number of aryl methyl sites for hydroxylation is 1. The Balaban J connectivity index is 1.85. The molecule has 2 nitrogen and oxygen atoms in total. The van der Waals surface area contributed by atoms with Gasteiger partial charge in [0, 0.05) is 19.4 Å². The summed E-state index contributed by atoms with van der Waals surface area (Å²) in [5, 5.41) is 5.53. The molecule has 0 amide bonds. The zero-order valence-corrected chi connectivity index (χ0v) is 13.3. The number of halogens is 1. The Morgan fingerprint density at radius 1 is 1.15 bits per heavy atom. The summed E-state index contributed by atoms with van der Waals surface area (Å²) in [4.78, 5) is 1.14. The number of hydrazone groups is 1. The van der Waals surface area contributed by atoms with E-state index in [9.17, 15) is 0 Å². The molecular formula is C16H13BrN2S. The van der Waals surface area contributed by atoms with E-state index < -0.39 is 0 Å². The number of hydrogen-bond acceptors (Lipinski definition) is 3. The van der Waals surface area contributed by atoms with Crippen molar-refractivity contribution in [2.75, 3.05) is 5.43 Å². The molecule has 20 heavy (non-hydrogen) atoms. The first-order chi connectivity index (χ1) is 9.74. The van der Waals surface area contributed by atoms with Gasteiger partial charge in [-0.2, -0.15) is 5.10 Å². The molecule has 0 fully saturated rings. The largest absolute Gasteiger partial charge is 0.278 e. The van der Waals surface area contributed by atoms with Crippen molar-refractivity contribution in [1.82, 2.24) is 0 Å². The number of nitrogens with one attached hydrogen (secondary N) is 1. The van der Waals surface area contributed by atoms with E-state index in [2.05, 4.69) is 51.6 Å². The van der Waals surface area contributed by atoms with E-state index in [-0.39, 0.29) is 0 Å². The van der Waals surface area contributed by atoms with Crippen LogP contribution in [0.4, 0.5) is 5.69 Å². The lowest BCUT2D eigenvalue weighted by Crippen LogP contribution is -1.87. The summed E-state index contributed by atoms with van der Waals surface area (Å²) < 4.78 is 2.44. The van der Waals surface area contributed by atoms with Gasteiger partial charge in [0.15, 0.2) is 0 Å². The average molecular weight is 345 g/mol. The van der Waals surface area contributed by atoms with E-state index >= 15 is 0 Å². The van der Waals surface area contributed by atoms with E-state index in [1.165, 1.54) is 15.6 Å². The van der Waals surface area contributed by atoms with E-state index in [1.807, 2.05) is 36.5 Å². The maximum absolute atomic E-state index is 4.29. The molecule has 2 aromatic carbocycles. The van der Waals surface area contributed by atoms with Crippen molar-refractivity contribution in [3.63, 3.8) is 0 Å². The molecule has 0 atom stereocenters. The van der Waals surface area contributed by atoms with E-state index in [1.54, 1.807) is 11.3 Å². The van der Waals surface area contributed by atoms with Gasteiger partial charge in [-0.15, -0.1) is 11.3 Å². The zero-order chi connectivity index (χ0) is 13.9. The number of para-hydroxylation sites is 1. The van der Waals surface area contributed by atoms with Crippen LogP contribution >= 0.6 is 27.3 Å². The third kappa shape index (κ3) is 2.76. The maximum atomic E-state index is 4.29. The normalized spacial score (nSPS) is 11.3. The number of anilines is 1. The molecule has 0 aliphatic heterocycles. The summed E-state index contributed by atoms with van der Waals surface area (Å²) in [6, 6.07) is 16.3. The van der Waals surface area contributed by atoms with Gasteiger partial charge in [-0.3, -0.25) is 5.43 Å². The van der Waals surface area contributed by atoms with E-state index in [4.69, 9.17) is 0 Å². The second-order valence-corrected chi connectivity index (χ2v) is 6.43. The van der Waals surface area contributed by atoms with Gasteiger partial charge in [0.25, 0.3) is 0 Å². The number of hydrogen-bond donors (Lipinski definition) is 1. The highest BCUT2D eigenvalue weighted by Crippen LogP contribution is 2.33. The van der Waals surface area contributed by atoms with Crippen LogP contribution in [0.15, 0.2) is 58.1 Å². The van der Waals surface area contributed by atoms with Gasteiger partial charge in [0.05, 0.1) is 11.9 Å². The number of benzene rings is 2. The molecule has 0 saturated heterocycles. The second kappa shape index (κ2) is 5.77. The fraction of sp³-hybridized carbons (Fsp3) is 0.0625. The molecule has 4 heteroatoms. The second-order valence-electron chi connectivity index (χ2n) is 4.49. The number of nitrogens with zero attached hydrogens (tertiary/aromatic N) is 1. The molecule has 0 spiro atoms. The molecule has 0 aliphatic rings. The molecule has 100 valence electrons. The van der Waals surface area contributed by atoms with Gasteiger partial charge in [0.2, 0.25) is 0 Å². The van der Waals surface area contributed by atoms with Gasteiger partial charge in [-0.1, -0.05) is 40.2 Å². The summed E-state index contributed by atoms with van der Waals surface area (Å²) in [6.07, 6.45) is 1.86. The maximum Gasteiger partial charge on any atom is 0.0645 e. The third-order valence-corrected chi connectivity index (χ3v) is 4.90. The Morgan fingerprint density at radius 3 is 2.70 bits per heavy atom. The van der Waals surface area contributed by atoms with Gasteiger partial charge < -0.3 is 0 Å². The summed E-state index contributed by atoms with van der Waals surface area (Å²) in [6.45, 7) is 2.13. The molecule has 0 unspecified atom stereocenters. The topological polar surface area (TPSA) is 24.4 Å². The highest BCUT2D eigenvalue weighted by Gasteiger charge is 2.05. The summed E-state index contributed by atoms with van der Waals surface area (Å²) in [7, 11) is 0. The Kier molecular flexibility index (Phi) is 3.85. The lowest BCUT2D eigenvalue weighted by molar-refractivity contribution is 1.35. The van der Waals surface area contributed by atoms with Crippen LogP contribution in [0.2, 0.25) is 0 Å². The van der Waals surface area contributed by atoms with Gasteiger partial charge >= 0.3 is 0 Å². The lowest BCUT2D eigenvalue weighted by atomic mass is 10.2. The molecule has 1 heterocycles. The predicted molar refractivity (Wildman–Crippen MR) is 91.9 cm³/mol. The van der Waals surface area contributed by atoms with Crippen molar-refractivity contribution >= 4 is 49.3 Å². The SMILES string of the molecule is Cc1ccc(Br)c2cc(/C=N/Nc3ccccc3)sc12.